The van der Waals surface area contributed by atoms with Gasteiger partial charge in [0.05, 0.1) is 17.4 Å². The van der Waals surface area contributed by atoms with Crippen molar-refractivity contribution in [2.75, 3.05) is 4.90 Å². The number of carbonyl (C=O) groups excluding carboxylic acids is 2. The molecule has 0 spiro atoms. The smallest absolute Gasteiger partial charge is 0.277 e. The molecule has 3 rings (SSSR count). The van der Waals surface area contributed by atoms with Crippen molar-refractivity contribution in [1.29, 1.82) is 0 Å². The van der Waals surface area contributed by atoms with Crippen molar-refractivity contribution in [3.8, 4) is 5.75 Å². The molecule has 2 aromatic carbocycles. The number of imide groups is 1. The van der Waals surface area contributed by atoms with Crippen molar-refractivity contribution in [1.82, 2.24) is 0 Å². The zero-order valence-corrected chi connectivity index (χ0v) is 14.1. The Balaban J connectivity index is 2.05. The summed E-state index contributed by atoms with van der Waals surface area (Å²) in [6.45, 7) is 3.76. The molecule has 0 fully saturated rings. The van der Waals surface area contributed by atoms with E-state index in [1.54, 1.807) is 48.5 Å². The fourth-order valence-corrected chi connectivity index (χ4v) is 2.85. The first kappa shape index (κ1) is 16.3. The van der Waals surface area contributed by atoms with Crippen molar-refractivity contribution in [3.05, 3.63) is 65.2 Å². The zero-order valence-electron chi connectivity index (χ0n) is 13.3. The molecule has 0 saturated heterocycles. The monoisotopic (exact) mass is 341 g/mol. The highest BCUT2D eigenvalue weighted by atomic mass is 35.5. The van der Waals surface area contributed by atoms with Crippen LogP contribution < -0.4 is 9.64 Å². The second-order valence-electron chi connectivity index (χ2n) is 5.64. The average molecular weight is 342 g/mol. The summed E-state index contributed by atoms with van der Waals surface area (Å²) in [5.74, 6) is -0.524. The maximum absolute atomic E-state index is 12.9. The number of ether oxygens (including phenoxy) is 1. The van der Waals surface area contributed by atoms with E-state index in [-0.39, 0.29) is 16.7 Å². The summed E-state index contributed by atoms with van der Waals surface area (Å²) in [5, 5.41) is -0.0782. The molecular formula is C19H16ClNO3. The Morgan fingerprint density at radius 2 is 1.54 bits per heavy atom. The Labute approximate surface area is 145 Å². The molecule has 2 aromatic rings. The lowest BCUT2D eigenvalue weighted by Gasteiger charge is -2.20. The van der Waals surface area contributed by atoms with Crippen LogP contribution in [0, 0.1) is 0 Å². The van der Waals surface area contributed by atoms with E-state index in [0.717, 1.165) is 4.90 Å². The lowest BCUT2D eigenvalue weighted by Crippen LogP contribution is -2.31. The lowest BCUT2D eigenvalue weighted by molar-refractivity contribution is -0.119. The Kier molecular flexibility index (Phi) is 4.40. The molecule has 0 bridgehead atoms. The van der Waals surface area contributed by atoms with Crippen LogP contribution in [0.1, 0.15) is 19.4 Å². The minimum atomic E-state index is -0.541. The van der Waals surface area contributed by atoms with E-state index in [4.69, 9.17) is 16.3 Å². The summed E-state index contributed by atoms with van der Waals surface area (Å²) in [6.07, 6.45) is -0.0871. The van der Waals surface area contributed by atoms with Gasteiger partial charge in [-0.05, 0) is 31.5 Å². The number of anilines is 1. The molecule has 0 radical (unpaired) electrons. The molecule has 1 aliphatic rings. The van der Waals surface area contributed by atoms with Crippen LogP contribution in [-0.2, 0) is 9.59 Å². The number of amides is 2. The first-order valence-corrected chi connectivity index (χ1v) is 7.98. The molecule has 0 unspecified atom stereocenters. The van der Waals surface area contributed by atoms with E-state index < -0.39 is 11.8 Å². The molecule has 122 valence electrons. The number of benzene rings is 2. The van der Waals surface area contributed by atoms with Crippen molar-refractivity contribution in [2.45, 2.75) is 20.0 Å². The molecule has 5 heteroatoms. The van der Waals surface area contributed by atoms with E-state index in [9.17, 15) is 9.59 Å². The Morgan fingerprint density at radius 3 is 2.21 bits per heavy atom. The van der Waals surface area contributed by atoms with Crippen LogP contribution in [0.3, 0.4) is 0 Å². The summed E-state index contributed by atoms with van der Waals surface area (Å²) < 4.78 is 5.72. The highest BCUT2D eigenvalue weighted by Gasteiger charge is 2.40. The van der Waals surface area contributed by atoms with Crippen LogP contribution in [0.25, 0.3) is 5.57 Å². The zero-order chi connectivity index (χ0) is 17.3. The van der Waals surface area contributed by atoms with Gasteiger partial charge in [-0.15, -0.1) is 0 Å². The second-order valence-corrected chi connectivity index (χ2v) is 6.01. The molecule has 0 atom stereocenters. The van der Waals surface area contributed by atoms with E-state index in [1.807, 2.05) is 19.9 Å². The van der Waals surface area contributed by atoms with E-state index >= 15 is 0 Å². The fraction of sp³-hybridized carbons (Fsp3) is 0.158. The van der Waals surface area contributed by atoms with Gasteiger partial charge < -0.3 is 4.74 Å². The molecule has 4 nitrogen and oxygen atoms in total. The first-order chi connectivity index (χ1) is 11.5. The van der Waals surface area contributed by atoms with E-state index in [0.29, 0.717) is 17.0 Å². The first-order valence-electron chi connectivity index (χ1n) is 7.60. The summed E-state index contributed by atoms with van der Waals surface area (Å²) in [5.41, 5.74) is 1.22. The van der Waals surface area contributed by atoms with Crippen LogP contribution in [0.4, 0.5) is 5.69 Å². The van der Waals surface area contributed by atoms with Crippen molar-refractivity contribution < 1.29 is 14.3 Å². The van der Waals surface area contributed by atoms with Gasteiger partial charge in [0.2, 0.25) is 0 Å². The van der Waals surface area contributed by atoms with Gasteiger partial charge >= 0.3 is 0 Å². The number of hydrogen-bond donors (Lipinski definition) is 0. The van der Waals surface area contributed by atoms with Crippen molar-refractivity contribution in [2.24, 2.45) is 0 Å². The number of para-hydroxylation sites is 2. The number of nitrogens with zero attached hydrogens (tertiary/aromatic N) is 1. The fourth-order valence-electron chi connectivity index (χ4n) is 2.57. The molecular weight excluding hydrogens is 326 g/mol. The van der Waals surface area contributed by atoms with Gasteiger partial charge in [0.1, 0.15) is 10.8 Å². The van der Waals surface area contributed by atoms with Crippen molar-refractivity contribution in [3.63, 3.8) is 0 Å². The minimum absolute atomic E-state index is 0.0782. The van der Waals surface area contributed by atoms with Crippen LogP contribution in [0.5, 0.6) is 5.75 Å². The maximum atomic E-state index is 12.9. The number of carbonyl (C=O) groups is 2. The average Bonchev–Trinajstić information content (AvgIpc) is 2.78. The lowest BCUT2D eigenvalue weighted by atomic mass is 10.1. The van der Waals surface area contributed by atoms with Crippen LogP contribution in [-0.4, -0.2) is 17.9 Å². The Morgan fingerprint density at radius 1 is 0.917 bits per heavy atom. The quantitative estimate of drug-likeness (QED) is 0.790. The standard InChI is InChI=1S/C19H16ClNO3/c1-12(2)24-15-11-7-6-10-14(15)21-18(22)16(17(20)19(21)23)13-8-4-3-5-9-13/h3-12H,1-2H3. The molecule has 24 heavy (non-hydrogen) atoms. The van der Waals surface area contributed by atoms with E-state index in [1.165, 1.54) is 0 Å². The molecule has 0 aromatic heterocycles. The van der Waals surface area contributed by atoms with E-state index in [2.05, 4.69) is 0 Å². The van der Waals surface area contributed by atoms with Gasteiger partial charge in [0.25, 0.3) is 11.8 Å². The molecule has 1 heterocycles. The molecule has 2 amide bonds. The molecule has 0 saturated carbocycles. The van der Waals surface area contributed by atoms with Crippen molar-refractivity contribution >= 4 is 34.7 Å². The third-order valence-electron chi connectivity index (χ3n) is 3.56. The van der Waals surface area contributed by atoms with Gasteiger partial charge in [-0.25, -0.2) is 4.90 Å². The number of rotatable bonds is 4. The van der Waals surface area contributed by atoms with Crippen LogP contribution >= 0.6 is 11.6 Å². The van der Waals surface area contributed by atoms with Gasteiger partial charge in [0.15, 0.2) is 0 Å². The predicted octanol–water partition coefficient (Wildman–Crippen LogP) is 4.00. The molecule has 0 N–H and O–H groups in total. The third kappa shape index (κ3) is 2.81. The summed E-state index contributed by atoms with van der Waals surface area (Å²) in [6, 6.07) is 15.9. The second kappa shape index (κ2) is 6.49. The Hall–Kier alpha value is -2.59. The topological polar surface area (TPSA) is 46.6 Å². The SMILES string of the molecule is CC(C)Oc1ccccc1N1C(=O)C(Cl)=C(c2ccccc2)C1=O. The van der Waals surface area contributed by atoms with Gasteiger partial charge in [0, 0.05) is 0 Å². The summed E-state index contributed by atoms with van der Waals surface area (Å²) in [4.78, 5) is 26.5. The number of halogens is 1. The molecule has 1 aliphatic heterocycles. The highest BCUT2D eigenvalue weighted by molar-refractivity contribution is 6.60. The highest BCUT2D eigenvalue weighted by Crippen LogP contribution is 2.38. The number of hydrogen-bond acceptors (Lipinski definition) is 3. The summed E-state index contributed by atoms with van der Waals surface area (Å²) in [7, 11) is 0. The molecule has 0 aliphatic carbocycles. The van der Waals surface area contributed by atoms with Gasteiger partial charge in [-0.3, -0.25) is 9.59 Å². The third-order valence-corrected chi connectivity index (χ3v) is 3.91. The Bertz CT molecular complexity index is 828. The minimum Gasteiger partial charge on any atom is -0.489 e. The largest absolute Gasteiger partial charge is 0.489 e. The van der Waals surface area contributed by atoms with Gasteiger partial charge in [-0.1, -0.05) is 54.1 Å². The summed E-state index contributed by atoms with van der Waals surface area (Å²) >= 11 is 6.19. The predicted molar refractivity (Wildman–Crippen MR) is 93.9 cm³/mol. The normalized spacial score (nSPS) is 14.8. The van der Waals surface area contributed by atoms with Crippen LogP contribution in [0.2, 0.25) is 0 Å². The van der Waals surface area contributed by atoms with Crippen LogP contribution in [0.15, 0.2) is 59.6 Å². The van der Waals surface area contributed by atoms with Gasteiger partial charge in [-0.2, -0.15) is 0 Å². The maximum Gasteiger partial charge on any atom is 0.277 e.